The Labute approximate surface area is 171 Å². The maximum Gasteiger partial charge on any atom is 0.257 e. The second-order valence-corrected chi connectivity index (χ2v) is 10.1. The van der Waals surface area contributed by atoms with E-state index in [9.17, 15) is 10.1 Å². The van der Waals surface area contributed by atoms with Crippen LogP contribution in [0.2, 0.25) is 5.02 Å². The number of carbonyl (C=O) groups is 1. The summed E-state index contributed by atoms with van der Waals surface area (Å²) in [6, 6.07) is 7.45. The van der Waals surface area contributed by atoms with Crippen molar-refractivity contribution in [3.63, 3.8) is 0 Å². The smallest absolute Gasteiger partial charge is 0.257 e. The molecule has 0 spiro atoms. The van der Waals surface area contributed by atoms with Crippen molar-refractivity contribution in [2.45, 2.75) is 40.0 Å². The van der Waals surface area contributed by atoms with Gasteiger partial charge in [-0.05, 0) is 54.4 Å². The molecule has 1 aromatic carbocycles. The summed E-state index contributed by atoms with van der Waals surface area (Å²) in [6.07, 6.45) is 2.93. The minimum Gasteiger partial charge on any atom is -0.312 e. The molecule has 3 nitrogen and oxygen atoms in total. The molecule has 1 aliphatic rings. The van der Waals surface area contributed by atoms with E-state index in [0.29, 0.717) is 27.1 Å². The van der Waals surface area contributed by atoms with Gasteiger partial charge in [0.15, 0.2) is 0 Å². The molecule has 0 fully saturated rings. The Balaban J connectivity index is 1.90. The Morgan fingerprint density at radius 1 is 1.42 bits per heavy atom. The third kappa shape index (κ3) is 3.83. The normalized spacial score (nSPS) is 16.7. The monoisotopic (exact) mass is 450 g/mol. The van der Waals surface area contributed by atoms with Crippen molar-refractivity contribution < 1.29 is 4.79 Å². The predicted molar refractivity (Wildman–Crippen MR) is 111 cm³/mol. The number of nitriles is 1. The van der Waals surface area contributed by atoms with Gasteiger partial charge in [-0.3, -0.25) is 4.79 Å². The predicted octanol–water partition coefficient (Wildman–Crippen LogP) is 6.44. The number of hydrogen-bond donors (Lipinski definition) is 1. The van der Waals surface area contributed by atoms with Gasteiger partial charge in [0.25, 0.3) is 5.91 Å². The molecule has 0 aliphatic heterocycles. The van der Waals surface area contributed by atoms with E-state index in [0.717, 1.165) is 29.3 Å². The van der Waals surface area contributed by atoms with Gasteiger partial charge in [0.1, 0.15) is 11.1 Å². The van der Waals surface area contributed by atoms with Crippen molar-refractivity contribution in [3.8, 4) is 6.07 Å². The lowest BCUT2D eigenvalue weighted by molar-refractivity contribution is 0.102. The first kappa shape index (κ1) is 19.4. The van der Waals surface area contributed by atoms with Gasteiger partial charge in [0.2, 0.25) is 0 Å². The van der Waals surface area contributed by atoms with Gasteiger partial charge in [-0.15, -0.1) is 11.3 Å². The molecule has 136 valence electrons. The summed E-state index contributed by atoms with van der Waals surface area (Å²) in [7, 11) is 0. The van der Waals surface area contributed by atoms with E-state index in [1.165, 1.54) is 16.2 Å². The average molecular weight is 452 g/mol. The van der Waals surface area contributed by atoms with Crippen molar-refractivity contribution in [3.05, 3.63) is 49.3 Å². The fourth-order valence-corrected chi connectivity index (χ4v) is 5.21. The molecule has 0 radical (unpaired) electrons. The van der Waals surface area contributed by atoms with Gasteiger partial charge < -0.3 is 5.32 Å². The second kappa shape index (κ2) is 7.34. The average Bonchev–Trinajstić information content (AvgIpc) is 2.92. The minimum atomic E-state index is -0.293. The number of hydrogen-bond acceptors (Lipinski definition) is 3. The van der Waals surface area contributed by atoms with Crippen LogP contribution < -0.4 is 5.32 Å². The van der Waals surface area contributed by atoms with Gasteiger partial charge in [0, 0.05) is 9.35 Å². The minimum absolute atomic E-state index is 0.238. The number of fused-ring (bicyclic) bond motifs is 1. The molecule has 0 bridgehead atoms. The summed E-state index contributed by atoms with van der Waals surface area (Å²) in [4.78, 5) is 13.9. The zero-order valence-electron chi connectivity index (χ0n) is 15.0. The number of amides is 1. The summed E-state index contributed by atoms with van der Waals surface area (Å²) in [5.74, 6) is 0.294. The summed E-state index contributed by atoms with van der Waals surface area (Å²) in [5, 5.41) is 13.6. The number of halogens is 2. The zero-order valence-corrected chi connectivity index (χ0v) is 18.1. The molecule has 6 heteroatoms. The quantitative estimate of drug-likeness (QED) is 0.571. The lowest BCUT2D eigenvalue weighted by Crippen LogP contribution is -2.26. The van der Waals surface area contributed by atoms with Gasteiger partial charge in [-0.25, -0.2) is 0 Å². The lowest BCUT2D eigenvalue weighted by Gasteiger charge is -2.33. The summed E-state index contributed by atoms with van der Waals surface area (Å²) >= 11 is 11.0. The number of nitrogens with one attached hydrogen (secondary N) is 1. The van der Waals surface area contributed by atoms with Crippen LogP contribution in [0.15, 0.2) is 22.7 Å². The van der Waals surface area contributed by atoms with Gasteiger partial charge in [0.05, 0.1) is 16.1 Å². The number of benzene rings is 1. The molecule has 1 aromatic heterocycles. The number of carbonyl (C=O) groups excluding carboxylic acids is 1. The Kier molecular flexibility index (Phi) is 5.48. The van der Waals surface area contributed by atoms with Crippen LogP contribution in [0.1, 0.15) is 53.6 Å². The molecule has 1 heterocycles. The third-order valence-electron chi connectivity index (χ3n) is 5.00. The van der Waals surface area contributed by atoms with Crippen molar-refractivity contribution in [1.29, 1.82) is 5.26 Å². The SMILES string of the molecule is CC(C)(C)[C@@H]1CCc2c(sc(NC(=O)c3cc(Br)ccc3Cl)c2C#N)C1. The van der Waals surface area contributed by atoms with E-state index < -0.39 is 0 Å². The van der Waals surface area contributed by atoms with Crippen LogP contribution in [-0.2, 0) is 12.8 Å². The molecule has 0 unspecified atom stereocenters. The lowest BCUT2D eigenvalue weighted by atomic mass is 9.72. The van der Waals surface area contributed by atoms with Crippen LogP contribution in [0, 0.1) is 22.7 Å². The van der Waals surface area contributed by atoms with E-state index >= 15 is 0 Å². The van der Waals surface area contributed by atoms with E-state index in [-0.39, 0.29) is 11.3 Å². The Hall–Kier alpha value is -1.35. The highest BCUT2D eigenvalue weighted by Gasteiger charge is 2.32. The van der Waals surface area contributed by atoms with Crippen LogP contribution in [0.3, 0.4) is 0 Å². The van der Waals surface area contributed by atoms with E-state index in [2.05, 4.69) is 48.1 Å². The van der Waals surface area contributed by atoms with Crippen LogP contribution in [-0.4, -0.2) is 5.91 Å². The Morgan fingerprint density at radius 2 is 2.15 bits per heavy atom. The highest BCUT2D eigenvalue weighted by atomic mass is 79.9. The molecule has 26 heavy (non-hydrogen) atoms. The largest absolute Gasteiger partial charge is 0.312 e. The summed E-state index contributed by atoms with van der Waals surface area (Å²) in [5.41, 5.74) is 2.34. The van der Waals surface area contributed by atoms with Crippen molar-refractivity contribution in [1.82, 2.24) is 0 Å². The number of rotatable bonds is 2. The zero-order chi connectivity index (χ0) is 19.1. The number of anilines is 1. The van der Waals surface area contributed by atoms with E-state index in [4.69, 9.17) is 11.6 Å². The Bertz CT molecular complexity index is 908. The first-order chi connectivity index (χ1) is 12.2. The molecule has 1 atom stereocenters. The molecule has 1 N–H and O–H groups in total. The Morgan fingerprint density at radius 3 is 2.81 bits per heavy atom. The fraction of sp³-hybridized carbons (Fsp3) is 0.400. The van der Waals surface area contributed by atoms with Crippen LogP contribution in [0.5, 0.6) is 0 Å². The molecule has 3 rings (SSSR count). The van der Waals surface area contributed by atoms with Crippen molar-refractivity contribution in [2.24, 2.45) is 11.3 Å². The first-order valence-electron chi connectivity index (χ1n) is 8.51. The standard InChI is InChI=1S/C20H20BrClN2OS/c1-20(2,3)11-4-6-13-15(10-23)19(26-17(13)8-11)24-18(25)14-9-12(21)5-7-16(14)22/h5,7,9,11H,4,6,8H2,1-3H3,(H,24,25)/t11-/m1/s1. The molecule has 1 aliphatic carbocycles. The molecular formula is C20H20BrClN2OS. The maximum atomic E-state index is 12.7. The van der Waals surface area contributed by atoms with Gasteiger partial charge in [-0.2, -0.15) is 5.26 Å². The highest BCUT2D eigenvalue weighted by Crippen LogP contribution is 2.44. The van der Waals surface area contributed by atoms with Crippen LogP contribution >= 0.6 is 38.9 Å². The third-order valence-corrected chi connectivity index (χ3v) is 6.99. The second-order valence-electron chi connectivity index (χ2n) is 7.70. The highest BCUT2D eigenvalue weighted by molar-refractivity contribution is 9.10. The van der Waals surface area contributed by atoms with Gasteiger partial charge in [-0.1, -0.05) is 48.3 Å². The first-order valence-corrected chi connectivity index (χ1v) is 10.5. The van der Waals surface area contributed by atoms with Crippen LogP contribution in [0.4, 0.5) is 5.00 Å². The number of thiophene rings is 1. The summed E-state index contributed by atoms with van der Waals surface area (Å²) in [6.45, 7) is 6.79. The molecule has 0 saturated carbocycles. The number of nitrogens with zero attached hydrogens (tertiary/aromatic N) is 1. The molecule has 1 amide bonds. The molecule has 2 aromatic rings. The summed E-state index contributed by atoms with van der Waals surface area (Å²) < 4.78 is 0.783. The van der Waals surface area contributed by atoms with Crippen molar-refractivity contribution >= 4 is 49.8 Å². The van der Waals surface area contributed by atoms with Gasteiger partial charge >= 0.3 is 0 Å². The molecular weight excluding hydrogens is 432 g/mol. The van der Waals surface area contributed by atoms with Crippen LogP contribution in [0.25, 0.3) is 0 Å². The van der Waals surface area contributed by atoms with E-state index in [1.54, 1.807) is 18.2 Å². The van der Waals surface area contributed by atoms with E-state index in [1.807, 2.05) is 0 Å². The van der Waals surface area contributed by atoms with Crippen molar-refractivity contribution in [2.75, 3.05) is 5.32 Å². The fourth-order valence-electron chi connectivity index (χ4n) is 3.37. The molecule has 0 saturated heterocycles. The maximum absolute atomic E-state index is 12.7. The topological polar surface area (TPSA) is 52.9 Å².